The third-order valence-corrected chi connectivity index (χ3v) is 6.93. The molecule has 2 atom stereocenters. The molecule has 6 nitrogen and oxygen atoms in total. The topological polar surface area (TPSA) is 75.8 Å². The molecule has 1 amide bonds. The van der Waals surface area contributed by atoms with Gasteiger partial charge in [0.15, 0.2) is 5.17 Å². The second-order valence-electron chi connectivity index (χ2n) is 8.15. The molecule has 0 spiro atoms. The molecule has 0 unspecified atom stereocenters. The molecule has 0 aromatic heterocycles. The second-order valence-corrected chi connectivity index (χ2v) is 9.16. The van der Waals surface area contributed by atoms with Crippen molar-refractivity contribution in [3.05, 3.63) is 74.7 Å². The largest absolute Gasteiger partial charge is 0.283 e. The fraction of sp³-hybridized carbons (Fsp3) is 0.333. The van der Waals surface area contributed by atoms with Crippen LogP contribution in [0.5, 0.6) is 0 Å². The van der Waals surface area contributed by atoms with Crippen LogP contribution >= 0.6 is 11.8 Å². The highest BCUT2D eigenvalue weighted by atomic mass is 32.2. The normalized spacial score (nSPS) is 24.2. The van der Waals surface area contributed by atoms with Crippen LogP contribution in [0.3, 0.4) is 0 Å². The fourth-order valence-corrected chi connectivity index (χ4v) is 5.26. The number of hydrogen-bond acceptors (Lipinski definition) is 5. The summed E-state index contributed by atoms with van der Waals surface area (Å²) in [6, 6.07) is 14.8. The number of para-hydroxylation sites is 1. The van der Waals surface area contributed by atoms with Crippen LogP contribution in [0.15, 0.2) is 58.4 Å². The van der Waals surface area contributed by atoms with E-state index in [2.05, 4.69) is 6.92 Å². The molecule has 1 aliphatic heterocycles. The van der Waals surface area contributed by atoms with Crippen molar-refractivity contribution in [3.8, 4) is 0 Å². The van der Waals surface area contributed by atoms with Gasteiger partial charge in [0.25, 0.3) is 11.6 Å². The number of nitro groups is 1. The zero-order valence-electron chi connectivity index (χ0n) is 17.7. The van der Waals surface area contributed by atoms with E-state index in [1.807, 2.05) is 41.3 Å². The SMILES string of the molecule is Cc1ccc(/C=C2\SC(=Nc3ccccc3)N([C@@H]3CCCC[C@@H]3C)C2=O)cc1[N+](=O)[O-]. The summed E-state index contributed by atoms with van der Waals surface area (Å²) in [5.41, 5.74) is 2.10. The van der Waals surface area contributed by atoms with Gasteiger partial charge in [-0.05, 0) is 61.2 Å². The van der Waals surface area contributed by atoms with E-state index >= 15 is 0 Å². The number of amides is 1. The Kier molecular flexibility index (Phi) is 6.23. The van der Waals surface area contributed by atoms with Crippen molar-refractivity contribution in [3.63, 3.8) is 0 Å². The first-order chi connectivity index (χ1) is 14.9. The van der Waals surface area contributed by atoms with E-state index in [-0.39, 0.29) is 22.6 Å². The number of carbonyl (C=O) groups excluding carboxylic acids is 1. The van der Waals surface area contributed by atoms with E-state index in [9.17, 15) is 14.9 Å². The monoisotopic (exact) mass is 435 g/mol. The van der Waals surface area contributed by atoms with Crippen molar-refractivity contribution in [2.75, 3.05) is 0 Å². The average Bonchev–Trinajstić information content (AvgIpc) is 3.05. The molecular formula is C24H25N3O3S. The van der Waals surface area contributed by atoms with Crippen LogP contribution in [0.1, 0.15) is 43.7 Å². The predicted molar refractivity (Wildman–Crippen MR) is 125 cm³/mol. The van der Waals surface area contributed by atoms with E-state index in [1.54, 1.807) is 19.1 Å². The van der Waals surface area contributed by atoms with Crippen molar-refractivity contribution >= 4 is 40.3 Å². The van der Waals surface area contributed by atoms with E-state index in [1.165, 1.54) is 24.2 Å². The Bertz CT molecular complexity index is 1060. The Hall–Kier alpha value is -2.93. The molecule has 2 aliphatic rings. The first kappa shape index (κ1) is 21.3. The third kappa shape index (κ3) is 4.56. The first-order valence-corrected chi connectivity index (χ1v) is 11.4. The summed E-state index contributed by atoms with van der Waals surface area (Å²) in [6.45, 7) is 3.91. The van der Waals surface area contributed by atoms with Gasteiger partial charge in [-0.15, -0.1) is 0 Å². The number of nitrogens with zero attached hydrogens (tertiary/aromatic N) is 3. The van der Waals surface area contributed by atoms with Crippen LogP contribution < -0.4 is 0 Å². The third-order valence-electron chi connectivity index (χ3n) is 5.94. The summed E-state index contributed by atoms with van der Waals surface area (Å²) < 4.78 is 0. The lowest BCUT2D eigenvalue weighted by Crippen LogP contribution is -2.44. The Balaban J connectivity index is 1.73. The Morgan fingerprint density at radius 3 is 2.61 bits per heavy atom. The molecule has 1 saturated heterocycles. The number of aliphatic imine (C=N–C) groups is 1. The van der Waals surface area contributed by atoms with Gasteiger partial charge in [-0.25, -0.2) is 4.99 Å². The van der Waals surface area contributed by atoms with Crippen molar-refractivity contribution in [2.45, 2.75) is 45.6 Å². The zero-order valence-corrected chi connectivity index (χ0v) is 18.5. The minimum absolute atomic E-state index is 0.0562. The molecule has 31 heavy (non-hydrogen) atoms. The van der Waals surface area contributed by atoms with Crippen molar-refractivity contribution in [2.24, 2.45) is 10.9 Å². The molecule has 1 heterocycles. The van der Waals surface area contributed by atoms with Gasteiger partial charge in [0.1, 0.15) is 0 Å². The molecule has 2 aromatic carbocycles. The number of aryl methyl sites for hydroxylation is 1. The summed E-state index contributed by atoms with van der Waals surface area (Å²) in [7, 11) is 0. The summed E-state index contributed by atoms with van der Waals surface area (Å²) in [5, 5.41) is 12.0. The van der Waals surface area contributed by atoms with E-state index in [0.29, 0.717) is 27.1 Å². The van der Waals surface area contributed by atoms with Gasteiger partial charge in [-0.3, -0.25) is 19.8 Å². The van der Waals surface area contributed by atoms with Gasteiger partial charge in [0.2, 0.25) is 0 Å². The van der Waals surface area contributed by atoms with Gasteiger partial charge in [0, 0.05) is 17.7 Å². The number of amidine groups is 1. The van der Waals surface area contributed by atoms with Crippen LogP contribution in [-0.4, -0.2) is 26.9 Å². The standard InChI is InChI=1S/C24H25N3O3S/c1-16-8-6-7-11-20(16)26-23(28)22(31-24(26)25-19-9-4-3-5-10-19)15-18-13-12-17(2)21(14-18)27(29)30/h3-5,9-10,12-16,20H,6-8,11H2,1-2H3/b22-15-,25-24?/t16-,20+/m0/s1. The Morgan fingerprint density at radius 2 is 1.90 bits per heavy atom. The molecule has 160 valence electrons. The van der Waals surface area contributed by atoms with Gasteiger partial charge in [0.05, 0.1) is 15.5 Å². The van der Waals surface area contributed by atoms with Crippen LogP contribution in [0.25, 0.3) is 6.08 Å². The number of nitro benzene ring substituents is 1. The molecule has 0 bridgehead atoms. The summed E-state index contributed by atoms with van der Waals surface area (Å²) in [4.78, 5) is 31.6. The molecule has 1 aliphatic carbocycles. The molecule has 2 aromatic rings. The Labute approximate surface area is 186 Å². The quantitative estimate of drug-likeness (QED) is 0.331. The molecule has 7 heteroatoms. The molecule has 1 saturated carbocycles. The molecule has 0 N–H and O–H groups in total. The van der Waals surface area contributed by atoms with Gasteiger partial charge in [-0.1, -0.05) is 50.1 Å². The van der Waals surface area contributed by atoms with E-state index < -0.39 is 0 Å². The zero-order chi connectivity index (χ0) is 22.0. The van der Waals surface area contributed by atoms with Crippen molar-refractivity contribution in [1.29, 1.82) is 0 Å². The van der Waals surface area contributed by atoms with Crippen LogP contribution in [0.4, 0.5) is 11.4 Å². The van der Waals surface area contributed by atoms with Gasteiger partial charge >= 0.3 is 0 Å². The highest BCUT2D eigenvalue weighted by molar-refractivity contribution is 8.18. The first-order valence-electron chi connectivity index (χ1n) is 10.6. The van der Waals surface area contributed by atoms with Crippen molar-refractivity contribution in [1.82, 2.24) is 4.90 Å². The lowest BCUT2D eigenvalue weighted by Gasteiger charge is -2.35. The summed E-state index contributed by atoms with van der Waals surface area (Å²) in [5.74, 6) is 0.334. The molecule has 0 radical (unpaired) electrons. The molecular weight excluding hydrogens is 410 g/mol. The van der Waals surface area contributed by atoms with Crippen molar-refractivity contribution < 1.29 is 9.72 Å². The van der Waals surface area contributed by atoms with Gasteiger partial charge < -0.3 is 0 Å². The minimum atomic E-state index is -0.390. The minimum Gasteiger partial charge on any atom is -0.283 e. The average molecular weight is 436 g/mol. The summed E-state index contributed by atoms with van der Waals surface area (Å²) in [6.07, 6.45) is 6.10. The molecule has 4 rings (SSSR count). The highest BCUT2D eigenvalue weighted by Crippen LogP contribution is 2.40. The molecule has 2 fully saturated rings. The number of rotatable bonds is 4. The Morgan fingerprint density at radius 1 is 1.16 bits per heavy atom. The lowest BCUT2D eigenvalue weighted by molar-refractivity contribution is -0.385. The number of carbonyl (C=O) groups is 1. The maximum atomic E-state index is 13.5. The maximum absolute atomic E-state index is 13.5. The van der Waals surface area contributed by atoms with Gasteiger partial charge in [-0.2, -0.15) is 0 Å². The van der Waals surface area contributed by atoms with Crippen LogP contribution in [-0.2, 0) is 4.79 Å². The second kappa shape index (κ2) is 9.06. The lowest BCUT2D eigenvalue weighted by atomic mass is 9.85. The maximum Gasteiger partial charge on any atom is 0.272 e. The van der Waals surface area contributed by atoms with Crippen LogP contribution in [0, 0.1) is 23.0 Å². The predicted octanol–water partition coefficient (Wildman–Crippen LogP) is 6.09. The highest BCUT2D eigenvalue weighted by Gasteiger charge is 2.41. The number of benzene rings is 2. The fourth-order valence-electron chi connectivity index (χ4n) is 4.21. The smallest absolute Gasteiger partial charge is 0.272 e. The summed E-state index contributed by atoms with van der Waals surface area (Å²) >= 11 is 1.35. The number of thioether (sulfide) groups is 1. The van der Waals surface area contributed by atoms with E-state index in [4.69, 9.17) is 4.99 Å². The van der Waals surface area contributed by atoms with Crippen LogP contribution in [0.2, 0.25) is 0 Å². The van der Waals surface area contributed by atoms with E-state index in [0.717, 1.165) is 24.9 Å². The number of hydrogen-bond donors (Lipinski definition) is 0.